The molecule has 49 heavy (non-hydrogen) atoms. The average Bonchev–Trinajstić information content (AvgIpc) is 3.66. The largest absolute Gasteiger partial charge is 0.373 e. The third-order valence-electron chi connectivity index (χ3n) is 7.63. The van der Waals surface area contributed by atoms with Crippen LogP contribution in [0.3, 0.4) is 0 Å². The Kier molecular flexibility index (Phi) is 13.7. The number of carbonyl (C=O) groups is 2. The van der Waals surface area contributed by atoms with E-state index in [-0.39, 0.29) is 11.6 Å². The molecule has 0 atom stereocenters. The third kappa shape index (κ3) is 10.6. The second-order valence-electron chi connectivity index (χ2n) is 11.3. The maximum atomic E-state index is 11.1. The zero-order valence-corrected chi connectivity index (χ0v) is 30.1. The zero-order valence-electron chi connectivity index (χ0n) is 28.5. The lowest BCUT2D eigenvalue weighted by molar-refractivity contribution is -0.113. The van der Waals surface area contributed by atoms with Crippen LogP contribution < -0.4 is 10.6 Å². The maximum absolute atomic E-state index is 11.1. The van der Waals surface area contributed by atoms with E-state index >= 15 is 0 Å². The Labute approximate surface area is 296 Å². The van der Waals surface area contributed by atoms with Gasteiger partial charge in [-0.3, -0.25) is 18.4 Å². The lowest BCUT2D eigenvalue weighted by Crippen LogP contribution is -1.99. The lowest BCUT2D eigenvalue weighted by Gasteiger charge is -2.05. The van der Waals surface area contributed by atoms with Gasteiger partial charge >= 0.3 is 0 Å². The normalized spacial score (nSPS) is 10.6. The molecule has 9 heteroatoms. The topological polar surface area (TPSA) is 92.8 Å². The number of benzene rings is 2. The number of rotatable bonds is 11. The molecule has 252 valence electrons. The van der Waals surface area contributed by atoms with Gasteiger partial charge in [-0.1, -0.05) is 67.2 Å². The molecule has 0 radical (unpaired) electrons. The Morgan fingerprint density at radius 1 is 0.694 bits per heavy atom. The molecule has 4 aromatic heterocycles. The Hall–Kier alpha value is -5.28. The number of nitrogens with zero attached hydrogens (tertiary/aromatic N) is 4. The smallest absolute Gasteiger partial charge is 0.152 e. The highest BCUT2D eigenvalue weighted by molar-refractivity contribution is 9.10. The van der Waals surface area contributed by atoms with Crippen molar-refractivity contribution < 1.29 is 9.59 Å². The molecule has 0 amide bonds. The van der Waals surface area contributed by atoms with E-state index in [1.807, 2.05) is 73.4 Å². The summed E-state index contributed by atoms with van der Waals surface area (Å²) in [5.41, 5.74) is 7.65. The minimum absolute atomic E-state index is 0.0185. The van der Waals surface area contributed by atoms with Crippen molar-refractivity contribution in [3.63, 3.8) is 0 Å². The lowest BCUT2D eigenvalue weighted by atomic mass is 10.1. The molecule has 0 aliphatic carbocycles. The molecule has 0 bridgehead atoms. The molecule has 0 saturated carbocycles. The molecular weight excluding hydrogens is 676 g/mol. The number of hydrogen-bond acceptors (Lipinski definition) is 6. The van der Waals surface area contributed by atoms with Crippen LogP contribution in [0.2, 0.25) is 0 Å². The van der Waals surface area contributed by atoms with Crippen LogP contribution in [0.15, 0.2) is 121 Å². The van der Waals surface area contributed by atoms with Crippen molar-refractivity contribution in [2.24, 2.45) is 0 Å². The van der Waals surface area contributed by atoms with Crippen LogP contribution in [0.1, 0.15) is 41.9 Å². The zero-order chi connectivity index (χ0) is 35.2. The molecule has 2 aromatic carbocycles. The molecule has 6 aromatic rings. The molecule has 0 aliphatic heterocycles. The predicted octanol–water partition coefficient (Wildman–Crippen LogP) is 8.45. The van der Waals surface area contributed by atoms with E-state index in [4.69, 9.17) is 9.97 Å². The fraction of sp³-hybridized carbons (Fsp3) is 0.200. The van der Waals surface area contributed by atoms with Crippen molar-refractivity contribution in [1.29, 1.82) is 0 Å². The SMILES string of the molecule is C=CC(C)=O.CNc1c(CCc2ccccc2)nc2ccc(/C=C/C(C)=O)cn12.CNc1c(CCc2ccccc2)nc2ccc(Br)cn12. The third-order valence-corrected chi connectivity index (χ3v) is 8.10. The molecule has 8 nitrogen and oxygen atoms in total. The molecule has 0 saturated heterocycles. The molecular formula is C40H43BrN6O2. The van der Waals surface area contributed by atoms with Crippen LogP contribution in [0.4, 0.5) is 11.6 Å². The highest BCUT2D eigenvalue weighted by Gasteiger charge is 2.12. The number of anilines is 2. The van der Waals surface area contributed by atoms with Crippen LogP contribution in [0.25, 0.3) is 17.4 Å². The number of pyridine rings is 2. The molecule has 0 fully saturated rings. The average molecular weight is 720 g/mol. The van der Waals surface area contributed by atoms with Gasteiger partial charge < -0.3 is 10.6 Å². The quantitative estimate of drug-likeness (QED) is 0.131. The summed E-state index contributed by atoms with van der Waals surface area (Å²) in [5, 5.41) is 6.52. The first kappa shape index (κ1) is 36.6. The first-order chi connectivity index (χ1) is 23.7. The van der Waals surface area contributed by atoms with Gasteiger partial charge in [0.25, 0.3) is 0 Å². The van der Waals surface area contributed by atoms with E-state index in [1.54, 1.807) is 13.0 Å². The number of aromatic nitrogens is 4. The Morgan fingerprint density at radius 3 is 1.61 bits per heavy atom. The van der Waals surface area contributed by atoms with Crippen molar-refractivity contribution in [3.05, 3.63) is 149 Å². The van der Waals surface area contributed by atoms with E-state index in [9.17, 15) is 9.59 Å². The first-order valence-corrected chi connectivity index (χ1v) is 16.9. The Morgan fingerprint density at radius 2 is 1.16 bits per heavy atom. The fourth-order valence-corrected chi connectivity index (χ4v) is 5.52. The summed E-state index contributed by atoms with van der Waals surface area (Å²) >= 11 is 3.50. The standard InChI is InChI=1S/C20H21N3O.C16H16BrN3.C4H6O/c1-15(24)8-9-17-11-13-19-22-18(20(21-2)23(19)14-17)12-10-16-6-4-3-5-7-16;1-18-16-14(9-7-12-5-3-2-4-6-12)19-15-10-8-13(17)11-20(15)16;1-3-4(2)5/h3-9,11,13-14,21H,10,12H2,1-2H3;2-6,8,10-11,18H,7,9H2,1H3;3H,1H2,2H3/b9-8+;;. The van der Waals surface area contributed by atoms with Gasteiger partial charge in [-0.15, -0.1) is 0 Å². The summed E-state index contributed by atoms with van der Waals surface area (Å²) in [4.78, 5) is 30.3. The number of imidazole rings is 2. The van der Waals surface area contributed by atoms with Gasteiger partial charge in [0.1, 0.15) is 22.9 Å². The second-order valence-corrected chi connectivity index (χ2v) is 12.2. The minimum atomic E-state index is 0.0185. The molecule has 4 heterocycles. The van der Waals surface area contributed by atoms with Gasteiger partial charge in [0.2, 0.25) is 0 Å². The summed E-state index contributed by atoms with van der Waals surface area (Å²) < 4.78 is 5.18. The summed E-state index contributed by atoms with van der Waals surface area (Å²) in [5.74, 6) is 2.12. The summed E-state index contributed by atoms with van der Waals surface area (Å²) in [6, 6.07) is 28.9. The van der Waals surface area contributed by atoms with Crippen LogP contribution in [0.5, 0.6) is 0 Å². The van der Waals surface area contributed by atoms with Crippen LogP contribution >= 0.6 is 15.9 Å². The number of aryl methyl sites for hydroxylation is 4. The Balaban J connectivity index is 0.000000197. The first-order valence-electron chi connectivity index (χ1n) is 16.1. The predicted molar refractivity (Wildman–Crippen MR) is 205 cm³/mol. The number of halogens is 1. The highest BCUT2D eigenvalue weighted by Crippen LogP contribution is 2.23. The van der Waals surface area contributed by atoms with Gasteiger partial charge in [-0.25, -0.2) is 9.97 Å². The number of allylic oxidation sites excluding steroid dienone is 2. The minimum Gasteiger partial charge on any atom is -0.373 e. The van der Waals surface area contributed by atoms with Gasteiger partial charge in [-0.05, 0) is 115 Å². The van der Waals surface area contributed by atoms with E-state index in [0.29, 0.717) is 0 Å². The van der Waals surface area contributed by atoms with Crippen molar-refractivity contribution in [2.75, 3.05) is 24.7 Å². The van der Waals surface area contributed by atoms with Crippen molar-refractivity contribution in [2.45, 2.75) is 39.5 Å². The number of fused-ring (bicyclic) bond motifs is 2. The molecule has 0 unspecified atom stereocenters. The number of carbonyl (C=O) groups excluding carboxylic acids is 2. The molecule has 0 spiro atoms. The van der Waals surface area contributed by atoms with Crippen molar-refractivity contribution in [3.8, 4) is 0 Å². The monoisotopic (exact) mass is 718 g/mol. The van der Waals surface area contributed by atoms with E-state index in [0.717, 1.165) is 70.0 Å². The van der Waals surface area contributed by atoms with E-state index in [2.05, 4.69) is 86.1 Å². The molecule has 0 aliphatic rings. The summed E-state index contributed by atoms with van der Waals surface area (Å²) in [6.45, 7) is 6.22. The van der Waals surface area contributed by atoms with Crippen molar-refractivity contribution >= 4 is 56.5 Å². The van der Waals surface area contributed by atoms with Gasteiger partial charge in [0.05, 0.1) is 11.4 Å². The maximum Gasteiger partial charge on any atom is 0.152 e. The van der Waals surface area contributed by atoms with E-state index in [1.165, 1.54) is 24.1 Å². The molecule has 2 N–H and O–H groups in total. The number of hydrogen-bond donors (Lipinski definition) is 2. The van der Waals surface area contributed by atoms with E-state index < -0.39 is 0 Å². The number of nitrogens with one attached hydrogen (secondary N) is 2. The fourth-order valence-electron chi connectivity index (χ4n) is 5.18. The van der Waals surface area contributed by atoms with Crippen LogP contribution in [-0.4, -0.2) is 44.4 Å². The van der Waals surface area contributed by atoms with Gasteiger partial charge in [-0.2, -0.15) is 0 Å². The summed E-state index contributed by atoms with van der Waals surface area (Å²) in [7, 11) is 3.85. The van der Waals surface area contributed by atoms with Crippen LogP contribution in [0, 0.1) is 0 Å². The van der Waals surface area contributed by atoms with Crippen LogP contribution in [-0.2, 0) is 35.3 Å². The summed E-state index contributed by atoms with van der Waals surface area (Å²) in [6.07, 6.45) is 12.5. The van der Waals surface area contributed by atoms with Crippen molar-refractivity contribution in [1.82, 2.24) is 18.8 Å². The van der Waals surface area contributed by atoms with Gasteiger partial charge in [0, 0.05) is 31.0 Å². The molecule has 6 rings (SSSR count). The van der Waals surface area contributed by atoms with Gasteiger partial charge in [0.15, 0.2) is 11.6 Å². The Bertz CT molecular complexity index is 2030. The second kappa shape index (κ2) is 18.3. The highest BCUT2D eigenvalue weighted by atomic mass is 79.9. The number of ketones is 2.